The predicted molar refractivity (Wildman–Crippen MR) is 148 cm³/mol. The molecule has 1 aliphatic rings. The van der Waals surface area contributed by atoms with Crippen molar-refractivity contribution in [2.75, 3.05) is 26.5 Å². The molecule has 1 saturated heterocycles. The summed E-state index contributed by atoms with van der Waals surface area (Å²) in [5, 5.41) is 9.09. The molecule has 3 N–H and O–H groups in total. The van der Waals surface area contributed by atoms with Gasteiger partial charge in [0.05, 0.1) is 14.2 Å². The van der Waals surface area contributed by atoms with E-state index in [2.05, 4.69) is 12.1 Å². The molecular weight excluding hydrogens is 484 g/mol. The largest absolute Gasteiger partial charge is 0.493 e. The van der Waals surface area contributed by atoms with Gasteiger partial charge >= 0.3 is 5.97 Å². The van der Waals surface area contributed by atoms with Gasteiger partial charge in [-0.05, 0) is 80.3 Å². The van der Waals surface area contributed by atoms with Crippen molar-refractivity contribution in [2.24, 2.45) is 5.41 Å². The van der Waals surface area contributed by atoms with Crippen molar-refractivity contribution in [3.63, 3.8) is 0 Å². The molecule has 1 unspecified atom stereocenters. The zero-order valence-electron chi connectivity index (χ0n) is 23.3. The van der Waals surface area contributed by atoms with Crippen molar-refractivity contribution in [3.05, 3.63) is 53.6 Å². The van der Waals surface area contributed by atoms with Crippen molar-refractivity contribution in [1.29, 1.82) is 0 Å². The number of Topliss-reactive ketones (excluding diaryl/α,β-unsaturated/α-hetero) is 1. The number of hydrogen-bond donors (Lipinski definition) is 2. The van der Waals surface area contributed by atoms with E-state index in [1.807, 2.05) is 37.3 Å². The highest BCUT2D eigenvalue weighted by molar-refractivity contribution is 6.38. The normalized spacial score (nSPS) is 15.2. The second-order valence-corrected chi connectivity index (χ2v) is 10.2. The molecule has 0 aliphatic carbocycles. The van der Waals surface area contributed by atoms with Crippen LogP contribution in [0.4, 0.5) is 5.69 Å². The third kappa shape index (κ3) is 8.50. The minimum atomic E-state index is -1.02. The van der Waals surface area contributed by atoms with Gasteiger partial charge in [0.25, 0.3) is 5.91 Å². The highest BCUT2D eigenvalue weighted by atomic mass is 16.5. The fourth-order valence-corrected chi connectivity index (χ4v) is 4.29. The molecule has 0 saturated carbocycles. The van der Waals surface area contributed by atoms with Crippen molar-refractivity contribution < 1.29 is 29.0 Å². The minimum Gasteiger partial charge on any atom is -0.493 e. The Kier molecular flexibility index (Phi) is 11.6. The molecule has 1 amide bonds. The molecule has 8 heteroatoms. The summed E-state index contributed by atoms with van der Waals surface area (Å²) in [7, 11) is 3.31. The van der Waals surface area contributed by atoms with Crippen LogP contribution in [0, 0.1) is 5.41 Å². The summed E-state index contributed by atoms with van der Waals surface area (Å²) in [5.74, 6) is -0.599. The van der Waals surface area contributed by atoms with Gasteiger partial charge in [-0.15, -0.1) is 0 Å². The lowest BCUT2D eigenvalue weighted by Gasteiger charge is -2.34. The Morgan fingerprint density at radius 1 is 1.00 bits per heavy atom. The first-order chi connectivity index (χ1) is 18.0. The summed E-state index contributed by atoms with van der Waals surface area (Å²) in [4.78, 5) is 36.5. The van der Waals surface area contributed by atoms with Crippen LogP contribution in [0.5, 0.6) is 11.5 Å². The molecule has 38 heavy (non-hydrogen) atoms. The number of ketones is 1. The molecule has 1 heterocycles. The number of methoxy groups -OCH3 is 2. The van der Waals surface area contributed by atoms with Gasteiger partial charge in [-0.25, -0.2) is 4.79 Å². The van der Waals surface area contributed by atoms with Gasteiger partial charge < -0.3 is 25.2 Å². The Labute approximate surface area is 226 Å². The Bertz CT molecular complexity index is 1100. The van der Waals surface area contributed by atoms with Gasteiger partial charge in [-0.3, -0.25) is 9.59 Å². The average molecular weight is 527 g/mol. The first kappa shape index (κ1) is 30.7. The molecule has 0 spiro atoms. The zero-order chi connectivity index (χ0) is 28.3. The van der Waals surface area contributed by atoms with Gasteiger partial charge in [0.15, 0.2) is 11.5 Å². The van der Waals surface area contributed by atoms with Crippen LogP contribution in [0.3, 0.4) is 0 Å². The number of ether oxygens (including phenoxy) is 2. The number of carboxylic acids is 1. The van der Waals surface area contributed by atoms with E-state index >= 15 is 0 Å². The molecule has 0 bridgehead atoms. The Morgan fingerprint density at radius 2 is 1.66 bits per heavy atom. The topological polar surface area (TPSA) is 119 Å². The summed E-state index contributed by atoms with van der Waals surface area (Å²) in [6, 6.07) is 13.3. The monoisotopic (exact) mass is 526 g/mol. The molecule has 0 radical (unpaired) electrons. The summed E-state index contributed by atoms with van der Waals surface area (Å²) >= 11 is 0. The SMILES string of the molecule is CCC(C)(C)C(=O)C(=O)N1CCCCC1C(=O)O.COc1ccc(CCCc2cccc(N)c2)cc1OC. The maximum Gasteiger partial charge on any atom is 0.326 e. The molecule has 1 fully saturated rings. The Hall–Kier alpha value is -3.55. The van der Waals surface area contributed by atoms with Gasteiger partial charge in [0.1, 0.15) is 6.04 Å². The van der Waals surface area contributed by atoms with Crippen molar-refractivity contribution in [2.45, 2.75) is 71.8 Å². The molecule has 8 nitrogen and oxygen atoms in total. The number of rotatable bonds is 10. The zero-order valence-corrected chi connectivity index (χ0v) is 23.3. The first-order valence-electron chi connectivity index (χ1n) is 13.2. The van der Waals surface area contributed by atoms with Crippen LogP contribution < -0.4 is 15.2 Å². The lowest BCUT2D eigenvalue weighted by molar-refractivity contribution is -0.158. The number of piperidine rings is 1. The number of nitrogen functional groups attached to an aromatic ring is 1. The third-order valence-corrected chi connectivity index (χ3v) is 7.07. The van der Waals surface area contributed by atoms with E-state index < -0.39 is 29.1 Å². The van der Waals surface area contributed by atoms with Crippen LogP contribution in [-0.4, -0.2) is 54.5 Å². The van der Waals surface area contributed by atoms with E-state index in [4.69, 9.17) is 20.3 Å². The molecule has 0 aromatic heterocycles. The summed E-state index contributed by atoms with van der Waals surface area (Å²) < 4.78 is 10.6. The number of anilines is 1. The number of carbonyl (C=O) groups is 3. The lowest BCUT2D eigenvalue weighted by atomic mass is 9.84. The van der Waals surface area contributed by atoms with Crippen molar-refractivity contribution >= 4 is 23.3 Å². The van der Waals surface area contributed by atoms with Gasteiger partial charge in [-0.1, -0.05) is 39.0 Å². The second-order valence-electron chi connectivity index (χ2n) is 10.2. The van der Waals surface area contributed by atoms with Crippen molar-refractivity contribution in [3.8, 4) is 11.5 Å². The van der Waals surface area contributed by atoms with Crippen LogP contribution >= 0.6 is 0 Å². The minimum absolute atomic E-state index is 0.362. The number of benzene rings is 2. The maximum atomic E-state index is 12.1. The van der Waals surface area contributed by atoms with E-state index in [1.165, 1.54) is 16.0 Å². The van der Waals surface area contributed by atoms with E-state index in [0.29, 0.717) is 19.4 Å². The number of carboxylic acid groups (broad SMARTS) is 1. The molecule has 1 atom stereocenters. The molecule has 3 rings (SSSR count). The molecule has 2 aromatic carbocycles. The first-order valence-corrected chi connectivity index (χ1v) is 13.2. The average Bonchev–Trinajstić information content (AvgIpc) is 2.92. The summed E-state index contributed by atoms with van der Waals surface area (Å²) in [6.45, 7) is 5.64. The van der Waals surface area contributed by atoms with E-state index in [-0.39, 0.29) is 0 Å². The highest BCUT2D eigenvalue weighted by Gasteiger charge is 2.39. The molecular formula is C30H42N2O6. The number of nitrogens with two attached hydrogens (primary N) is 1. The predicted octanol–water partition coefficient (Wildman–Crippen LogP) is 4.92. The number of nitrogens with zero attached hydrogens (tertiary/aromatic N) is 1. The quantitative estimate of drug-likeness (QED) is 0.333. The van der Waals surface area contributed by atoms with Crippen LogP contribution in [0.25, 0.3) is 0 Å². The van der Waals surface area contributed by atoms with E-state index in [1.54, 1.807) is 28.1 Å². The summed E-state index contributed by atoms with van der Waals surface area (Å²) in [5.41, 5.74) is 8.42. The summed E-state index contributed by atoms with van der Waals surface area (Å²) in [6.07, 6.45) is 5.65. The second kappa shape index (κ2) is 14.4. The van der Waals surface area contributed by atoms with Crippen LogP contribution in [0.15, 0.2) is 42.5 Å². The van der Waals surface area contributed by atoms with Crippen molar-refractivity contribution in [1.82, 2.24) is 4.90 Å². The van der Waals surface area contributed by atoms with Crippen LogP contribution in [0.1, 0.15) is 64.0 Å². The smallest absolute Gasteiger partial charge is 0.326 e. The lowest BCUT2D eigenvalue weighted by Crippen LogP contribution is -2.52. The number of amides is 1. The van der Waals surface area contributed by atoms with Crippen LogP contribution in [-0.2, 0) is 27.2 Å². The number of aliphatic carboxylic acids is 1. The fourth-order valence-electron chi connectivity index (χ4n) is 4.29. The third-order valence-electron chi connectivity index (χ3n) is 7.07. The molecule has 1 aliphatic heterocycles. The Morgan fingerprint density at radius 3 is 2.24 bits per heavy atom. The van der Waals surface area contributed by atoms with E-state index in [9.17, 15) is 14.4 Å². The fraction of sp³-hybridized carbons (Fsp3) is 0.500. The van der Waals surface area contributed by atoms with Gasteiger partial charge in [-0.2, -0.15) is 0 Å². The van der Waals surface area contributed by atoms with Gasteiger partial charge in [0.2, 0.25) is 5.78 Å². The number of hydrogen-bond acceptors (Lipinski definition) is 6. The number of carbonyl (C=O) groups excluding carboxylic acids is 2. The van der Waals surface area contributed by atoms with E-state index in [0.717, 1.165) is 49.3 Å². The maximum absolute atomic E-state index is 12.1. The number of likely N-dealkylation sites (tertiary alicyclic amines) is 1. The Balaban J connectivity index is 0.000000269. The standard InChI is InChI=1S/C17H21NO2.C13H21NO4/c1-19-16-10-9-14(12-17(16)20-2)6-3-5-13-7-4-8-15(18)11-13;1-4-13(2,3)10(15)11(16)14-8-6-5-7-9(14)12(17)18/h4,7-12H,3,5-6,18H2,1-2H3;9H,4-8H2,1-3H3,(H,17,18). The van der Waals surface area contributed by atoms with Gasteiger partial charge in [0, 0.05) is 17.6 Å². The molecule has 208 valence electrons. The molecule has 2 aromatic rings. The highest BCUT2D eigenvalue weighted by Crippen LogP contribution is 2.28. The van der Waals surface area contributed by atoms with Crippen LogP contribution in [0.2, 0.25) is 0 Å². The number of aryl methyl sites for hydroxylation is 2.